The number of rotatable bonds is 4. The van der Waals surface area contributed by atoms with Gasteiger partial charge in [0.1, 0.15) is 5.01 Å². The summed E-state index contributed by atoms with van der Waals surface area (Å²) in [6.45, 7) is 0. The Hall–Kier alpha value is -2.65. The van der Waals surface area contributed by atoms with Crippen LogP contribution in [0.4, 0.5) is 10.7 Å². The summed E-state index contributed by atoms with van der Waals surface area (Å²) < 4.78 is 0. The van der Waals surface area contributed by atoms with Gasteiger partial charge in [-0.25, -0.2) is 4.98 Å². The third-order valence-electron chi connectivity index (χ3n) is 2.85. The predicted molar refractivity (Wildman–Crippen MR) is 84.2 cm³/mol. The van der Waals surface area contributed by atoms with Crippen LogP contribution in [0.5, 0.6) is 0 Å². The first-order chi connectivity index (χ1) is 10.5. The summed E-state index contributed by atoms with van der Waals surface area (Å²) >= 11 is 2.45. The Bertz CT molecular complexity index is 854. The predicted octanol–water partition coefficient (Wildman–Crippen LogP) is 4.36. The lowest BCUT2D eigenvalue weighted by molar-refractivity contribution is -0.384. The van der Waals surface area contributed by atoms with Crippen LogP contribution in [0.1, 0.15) is 0 Å². The molecule has 0 atom stereocenters. The van der Waals surface area contributed by atoms with Gasteiger partial charge in [-0.05, 0) is 18.2 Å². The Balaban J connectivity index is 1.89. The van der Waals surface area contributed by atoms with Crippen molar-refractivity contribution in [2.24, 2.45) is 0 Å². The molecule has 0 aliphatic rings. The van der Waals surface area contributed by atoms with Gasteiger partial charge in [0, 0.05) is 29.1 Å². The molecule has 1 aromatic carbocycles. The average molecular weight is 333 g/mol. The van der Waals surface area contributed by atoms with Crippen LogP contribution in [0.2, 0.25) is 0 Å². The van der Waals surface area contributed by atoms with E-state index >= 15 is 0 Å². The molecule has 2 heterocycles. The van der Waals surface area contributed by atoms with Crippen LogP contribution in [-0.2, 0) is 0 Å². The molecule has 2 aromatic heterocycles. The summed E-state index contributed by atoms with van der Waals surface area (Å²) in [4.78, 5) is 25.6. The van der Waals surface area contributed by atoms with E-state index in [0.29, 0.717) is 10.7 Å². The molecule has 0 bridgehead atoms. The van der Waals surface area contributed by atoms with E-state index in [-0.39, 0.29) is 10.7 Å². The first-order valence-electron chi connectivity index (χ1n) is 5.99. The second-order valence-electron chi connectivity index (χ2n) is 4.24. The zero-order valence-electron chi connectivity index (χ0n) is 10.8. The van der Waals surface area contributed by atoms with Crippen molar-refractivity contribution in [1.29, 1.82) is 0 Å². The van der Waals surface area contributed by atoms with Crippen LogP contribution in [0, 0.1) is 20.2 Å². The zero-order chi connectivity index (χ0) is 15.7. The highest BCUT2D eigenvalue weighted by Crippen LogP contribution is 2.35. The lowest BCUT2D eigenvalue weighted by Crippen LogP contribution is -1.86. The first-order valence-corrected chi connectivity index (χ1v) is 7.69. The molecular formula is C13H7N3O4S2. The molecule has 0 spiro atoms. The molecule has 110 valence electrons. The van der Waals surface area contributed by atoms with Crippen LogP contribution in [-0.4, -0.2) is 14.8 Å². The van der Waals surface area contributed by atoms with Gasteiger partial charge in [0.25, 0.3) is 5.69 Å². The molecule has 7 nitrogen and oxygen atoms in total. The van der Waals surface area contributed by atoms with Crippen molar-refractivity contribution in [3.63, 3.8) is 0 Å². The van der Waals surface area contributed by atoms with Crippen LogP contribution >= 0.6 is 22.7 Å². The van der Waals surface area contributed by atoms with Crippen molar-refractivity contribution in [1.82, 2.24) is 4.98 Å². The topological polar surface area (TPSA) is 99.2 Å². The van der Waals surface area contributed by atoms with Gasteiger partial charge < -0.3 is 0 Å². The average Bonchev–Trinajstić information content (AvgIpc) is 3.16. The smallest absolute Gasteiger partial charge is 0.258 e. The Morgan fingerprint density at radius 2 is 1.68 bits per heavy atom. The molecule has 0 unspecified atom stereocenters. The third kappa shape index (κ3) is 2.71. The van der Waals surface area contributed by atoms with Gasteiger partial charge in [0.2, 0.25) is 0 Å². The minimum Gasteiger partial charge on any atom is -0.258 e. The summed E-state index contributed by atoms with van der Waals surface area (Å²) in [5.74, 6) is 0. The number of benzene rings is 1. The molecule has 0 N–H and O–H groups in total. The Morgan fingerprint density at radius 3 is 2.27 bits per heavy atom. The molecule has 22 heavy (non-hydrogen) atoms. The summed E-state index contributed by atoms with van der Waals surface area (Å²) in [7, 11) is 0. The lowest BCUT2D eigenvalue weighted by atomic mass is 10.2. The Kier molecular flexibility index (Phi) is 3.65. The number of thiophene rings is 1. The van der Waals surface area contributed by atoms with Crippen molar-refractivity contribution >= 4 is 33.4 Å². The fourth-order valence-electron chi connectivity index (χ4n) is 1.81. The van der Waals surface area contributed by atoms with Crippen LogP contribution in [0.3, 0.4) is 0 Å². The maximum absolute atomic E-state index is 10.7. The summed E-state index contributed by atoms with van der Waals surface area (Å²) in [6, 6.07) is 9.23. The van der Waals surface area contributed by atoms with E-state index < -0.39 is 9.85 Å². The first kappa shape index (κ1) is 14.3. The van der Waals surface area contributed by atoms with Crippen molar-refractivity contribution in [2.75, 3.05) is 0 Å². The molecule has 0 amide bonds. The molecule has 0 saturated carbocycles. The molecule has 0 saturated heterocycles. The van der Waals surface area contributed by atoms with Crippen molar-refractivity contribution in [3.05, 3.63) is 62.0 Å². The second-order valence-corrected chi connectivity index (χ2v) is 6.16. The fourth-order valence-corrected chi connectivity index (χ4v) is 3.49. The summed E-state index contributed by atoms with van der Waals surface area (Å²) in [6.07, 6.45) is 0. The van der Waals surface area contributed by atoms with Gasteiger partial charge in [-0.15, -0.1) is 11.3 Å². The molecule has 0 radical (unpaired) electrons. The highest BCUT2D eigenvalue weighted by atomic mass is 32.1. The van der Waals surface area contributed by atoms with E-state index in [1.165, 1.54) is 29.5 Å². The van der Waals surface area contributed by atoms with Crippen LogP contribution < -0.4 is 0 Å². The number of nitrogens with zero attached hydrogens (tertiary/aromatic N) is 3. The SMILES string of the molecule is O=[N+]([O-])c1ccc(-c2nc(-c3ccc([N+](=O)[O-])s3)cs2)cc1. The number of nitro groups is 2. The summed E-state index contributed by atoms with van der Waals surface area (Å²) in [5.41, 5.74) is 1.46. The molecule has 3 rings (SSSR count). The zero-order valence-corrected chi connectivity index (χ0v) is 12.5. The lowest BCUT2D eigenvalue weighted by Gasteiger charge is -1.95. The van der Waals surface area contributed by atoms with Crippen molar-refractivity contribution in [3.8, 4) is 21.1 Å². The van der Waals surface area contributed by atoms with Gasteiger partial charge in [0.05, 0.1) is 20.4 Å². The third-order valence-corrected chi connectivity index (χ3v) is 4.80. The van der Waals surface area contributed by atoms with Crippen molar-refractivity contribution < 1.29 is 9.85 Å². The normalized spacial score (nSPS) is 10.5. The number of thiazole rings is 1. The van der Waals surface area contributed by atoms with Crippen LogP contribution in [0.25, 0.3) is 21.1 Å². The second kappa shape index (κ2) is 5.62. The van der Waals surface area contributed by atoms with Gasteiger partial charge >= 0.3 is 5.00 Å². The van der Waals surface area contributed by atoms with E-state index in [4.69, 9.17) is 0 Å². The Morgan fingerprint density at radius 1 is 0.955 bits per heavy atom. The number of aromatic nitrogens is 1. The quantitative estimate of drug-likeness (QED) is 0.522. The largest absolute Gasteiger partial charge is 0.324 e. The molecule has 9 heteroatoms. The summed E-state index contributed by atoms with van der Waals surface area (Å²) in [5, 5.41) is 23.9. The highest BCUT2D eigenvalue weighted by molar-refractivity contribution is 7.19. The van der Waals surface area contributed by atoms with Gasteiger partial charge in [-0.1, -0.05) is 11.3 Å². The Labute approximate surface area is 131 Å². The fraction of sp³-hybridized carbons (Fsp3) is 0. The van der Waals surface area contributed by atoms with E-state index in [9.17, 15) is 20.2 Å². The number of hydrogen-bond donors (Lipinski definition) is 0. The van der Waals surface area contributed by atoms with Crippen molar-refractivity contribution in [2.45, 2.75) is 0 Å². The van der Waals surface area contributed by atoms with E-state index in [0.717, 1.165) is 21.8 Å². The van der Waals surface area contributed by atoms with Gasteiger partial charge in [-0.2, -0.15) is 0 Å². The number of non-ortho nitro benzene ring substituents is 1. The molecule has 0 fully saturated rings. The standard InChI is InChI=1S/C13H7N3O4S2/c17-15(18)9-3-1-8(2-4-9)13-14-10(7-21-13)11-5-6-12(22-11)16(19)20/h1-7H. The van der Waals surface area contributed by atoms with E-state index in [2.05, 4.69) is 4.98 Å². The molecule has 3 aromatic rings. The highest BCUT2D eigenvalue weighted by Gasteiger charge is 2.14. The number of nitro benzene ring substituents is 1. The maximum atomic E-state index is 10.7. The monoisotopic (exact) mass is 333 g/mol. The van der Waals surface area contributed by atoms with Gasteiger partial charge in [-0.3, -0.25) is 20.2 Å². The van der Waals surface area contributed by atoms with E-state index in [1.807, 2.05) is 5.38 Å². The number of hydrogen-bond acceptors (Lipinski definition) is 7. The molecular weight excluding hydrogens is 326 g/mol. The minimum absolute atomic E-state index is 0.0226. The van der Waals surface area contributed by atoms with E-state index in [1.54, 1.807) is 18.2 Å². The molecule has 0 aliphatic heterocycles. The van der Waals surface area contributed by atoms with Gasteiger partial charge in [0.15, 0.2) is 0 Å². The maximum Gasteiger partial charge on any atom is 0.324 e. The molecule has 0 aliphatic carbocycles. The minimum atomic E-state index is -0.457. The van der Waals surface area contributed by atoms with Crippen LogP contribution in [0.15, 0.2) is 41.8 Å².